The third-order valence-corrected chi connectivity index (χ3v) is 9.17. The van der Waals surface area contributed by atoms with E-state index >= 15 is 0 Å². The highest BCUT2D eigenvalue weighted by molar-refractivity contribution is 5.94. The Balaban J connectivity index is 1.61. The molecule has 2 N–H and O–H groups in total. The summed E-state index contributed by atoms with van der Waals surface area (Å²) >= 11 is 0. The zero-order chi connectivity index (χ0) is 29.7. The van der Waals surface area contributed by atoms with Crippen LogP contribution in [0.1, 0.15) is 72.6 Å². The minimum Gasteiger partial charge on any atom is -0.469 e. The van der Waals surface area contributed by atoms with Gasteiger partial charge in [0.1, 0.15) is 28.8 Å². The van der Waals surface area contributed by atoms with Gasteiger partial charge in [-0.05, 0) is 45.3 Å². The molecular formula is C29H38O11. The molecule has 0 amide bonds. The van der Waals surface area contributed by atoms with Crippen molar-refractivity contribution in [2.24, 2.45) is 17.3 Å². The summed E-state index contributed by atoms with van der Waals surface area (Å²) in [4.78, 5) is 63.6. The van der Waals surface area contributed by atoms with Crippen LogP contribution in [0.2, 0.25) is 0 Å². The Hall–Kier alpha value is -2.89. The molecule has 3 aliphatic heterocycles. The third kappa shape index (κ3) is 5.14. The number of allylic oxidation sites excluding steroid dienone is 2. The minimum atomic E-state index is -1.97. The summed E-state index contributed by atoms with van der Waals surface area (Å²) in [6, 6.07) is 0. The molecule has 1 aliphatic carbocycles. The van der Waals surface area contributed by atoms with Crippen LogP contribution in [-0.4, -0.2) is 76.3 Å². The van der Waals surface area contributed by atoms with E-state index in [1.165, 1.54) is 19.3 Å². The molecule has 11 heteroatoms. The van der Waals surface area contributed by atoms with Gasteiger partial charge in [0.2, 0.25) is 0 Å². The van der Waals surface area contributed by atoms with Gasteiger partial charge >= 0.3 is 17.9 Å². The lowest BCUT2D eigenvalue weighted by molar-refractivity contribution is -0.164. The van der Waals surface area contributed by atoms with Crippen LogP contribution in [0, 0.1) is 17.3 Å². The van der Waals surface area contributed by atoms with Crippen molar-refractivity contribution in [2.45, 2.75) is 95.5 Å². The molecule has 2 saturated heterocycles. The number of carbonyl (C=O) groups is 5. The summed E-state index contributed by atoms with van der Waals surface area (Å²) in [5, 5.41) is 21.9. The Kier molecular flexibility index (Phi) is 7.90. The summed E-state index contributed by atoms with van der Waals surface area (Å²) in [7, 11) is 1.21. The molecule has 4 aliphatic rings. The first-order chi connectivity index (χ1) is 18.6. The molecule has 0 aromatic rings. The molecular weight excluding hydrogens is 524 g/mol. The van der Waals surface area contributed by atoms with Crippen molar-refractivity contribution < 1.29 is 53.1 Å². The van der Waals surface area contributed by atoms with Crippen molar-refractivity contribution in [1.82, 2.24) is 0 Å². The van der Waals surface area contributed by atoms with Crippen LogP contribution >= 0.6 is 0 Å². The number of aliphatic hydroxyl groups excluding tert-OH is 1. The maximum absolute atomic E-state index is 13.7. The highest BCUT2D eigenvalue weighted by Gasteiger charge is 2.70. The van der Waals surface area contributed by atoms with Crippen molar-refractivity contribution in [3.8, 4) is 0 Å². The lowest BCUT2D eigenvalue weighted by atomic mass is 9.68. The number of hydrogen-bond donors (Lipinski definition) is 2. The number of hydrogen-bond acceptors (Lipinski definition) is 11. The molecule has 11 nitrogen and oxygen atoms in total. The van der Waals surface area contributed by atoms with Crippen LogP contribution in [0.15, 0.2) is 23.5 Å². The molecule has 0 aromatic carbocycles. The predicted octanol–water partition coefficient (Wildman–Crippen LogP) is 1.86. The van der Waals surface area contributed by atoms with Crippen LogP contribution in [0.3, 0.4) is 0 Å². The van der Waals surface area contributed by atoms with E-state index < -0.39 is 63.8 Å². The van der Waals surface area contributed by atoms with Gasteiger partial charge in [0, 0.05) is 35.7 Å². The van der Waals surface area contributed by atoms with Crippen LogP contribution in [0.4, 0.5) is 0 Å². The van der Waals surface area contributed by atoms with Gasteiger partial charge in [0.05, 0.1) is 32.2 Å². The molecule has 1 spiro atoms. The summed E-state index contributed by atoms with van der Waals surface area (Å²) in [6.07, 6.45) is 1.66. The first-order valence-corrected chi connectivity index (χ1v) is 13.6. The zero-order valence-electron chi connectivity index (χ0n) is 23.6. The fourth-order valence-corrected chi connectivity index (χ4v) is 6.88. The van der Waals surface area contributed by atoms with Gasteiger partial charge in [-0.3, -0.25) is 19.2 Å². The standard InChI is InChI=1S/C29H38O11/c1-16(10-18-11-17(2)25(35)38-18)24(34)26(3,13-23(33)37-5)8-9-28(36)14-29-19(6-7-20(28)31)27(4,15-30)39-21(29)12-22(32)40-29/h10-11,16,19,21,30,36H,6-9,12-15H2,1-5H3. The molecule has 220 valence electrons. The average molecular weight is 563 g/mol. The molecule has 7 atom stereocenters. The van der Waals surface area contributed by atoms with E-state index in [1.54, 1.807) is 27.7 Å². The first kappa shape index (κ1) is 30.1. The predicted molar refractivity (Wildman–Crippen MR) is 137 cm³/mol. The van der Waals surface area contributed by atoms with Crippen molar-refractivity contribution in [3.63, 3.8) is 0 Å². The van der Waals surface area contributed by atoms with Crippen molar-refractivity contribution in [1.29, 1.82) is 0 Å². The molecule has 3 heterocycles. The zero-order valence-corrected chi connectivity index (χ0v) is 23.6. The van der Waals surface area contributed by atoms with E-state index in [0.29, 0.717) is 5.57 Å². The Morgan fingerprint density at radius 3 is 2.60 bits per heavy atom. The number of methoxy groups -OCH3 is 1. The summed E-state index contributed by atoms with van der Waals surface area (Å²) < 4.78 is 21.9. The maximum Gasteiger partial charge on any atom is 0.339 e. The van der Waals surface area contributed by atoms with Crippen LogP contribution in [0.5, 0.6) is 0 Å². The second kappa shape index (κ2) is 10.5. The van der Waals surface area contributed by atoms with E-state index in [2.05, 4.69) is 0 Å². The number of aliphatic hydroxyl groups is 2. The topological polar surface area (TPSA) is 163 Å². The van der Waals surface area contributed by atoms with E-state index in [1.807, 2.05) is 0 Å². The summed E-state index contributed by atoms with van der Waals surface area (Å²) in [6.45, 7) is 6.15. The molecule has 0 radical (unpaired) electrons. The molecule has 0 aromatic heterocycles. The smallest absolute Gasteiger partial charge is 0.339 e. The third-order valence-electron chi connectivity index (χ3n) is 9.17. The van der Waals surface area contributed by atoms with Gasteiger partial charge in [-0.2, -0.15) is 0 Å². The van der Waals surface area contributed by atoms with Crippen molar-refractivity contribution in [2.75, 3.05) is 13.7 Å². The molecule has 0 bridgehead atoms. The lowest BCUT2D eigenvalue weighted by Gasteiger charge is -2.39. The second-order valence-corrected chi connectivity index (χ2v) is 12.2. The normalized spacial score (nSPS) is 36.6. The Labute approximate surface area is 232 Å². The SMILES string of the molecule is COC(=O)CC(C)(CCC1(O)CC23OC(=O)CC2OC(C)(CO)C3CCC1=O)C(=O)C(C)C=C1C=C(C)C(=O)O1. The second-order valence-electron chi connectivity index (χ2n) is 12.2. The number of esters is 3. The van der Waals surface area contributed by atoms with Gasteiger partial charge < -0.3 is 29.2 Å². The van der Waals surface area contributed by atoms with Crippen LogP contribution in [0.25, 0.3) is 0 Å². The largest absolute Gasteiger partial charge is 0.469 e. The Morgan fingerprint density at radius 2 is 2.00 bits per heavy atom. The molecule has 7 unspecified atom stereocenters. The molecule has 1 saturated carbocycles. The van der Waals surface area contributed by atoms with Gasteiger partial charge in [-0.1, -0.05) is 13.8 Å². The van der Waals surface area contributed by atoms with Crippen molar-refractivity contribution >= 4 is 29.5 Å². The Bertz CT molecular complexity index is 1190. The number of cyclic esters (lactones) is 1. The van der Waals surface area contributed by atoms with Gasteiger partial charge in [0.25, 0.3) is 0 Å². The molecule has 4 rings (SSSR count). The fourth-order valence-electron chi connectivity index (χ4n) is 6.88. The number of rotatable bonds is 9. The highest BCUT2D eigenvalue weighted by atomic mass is 16.6. The van der Waals surface area contributed by atoms with Gasteiger partial charge in [-0.25, -0.2) is 4.79 Å². The van der Waals surface area contributed by atoms with Crippen LogP contribution in [-0.2, 0) is 42.9 Å². The fraction of sp³-hybridized carbons (Fsp3) is 0.690. The minimum absolute atomic E-state index is 0.0344. The number of Topliss-reactive ketones (excluding diaryl/α,β-unsaturated/α-hetero) is 2. The number of carbonyl (C=O) groups excluding carboxylic acids is 5. The van der Waals surface area contributed by atoms with Crippen LogP contribution < -0.4 is 0 Å². The van der Waals surface area contributed by atoms with E-state index in [0.717, 1.165) is 0 Å². The Morgan fingerprint density at radius 1 is 1.30 bits per heavy atom. The summed E-state index contributed by atoms with van der Waals surface area (Å²) in [5.74, 6) is -3.51. The average Bonchev–Trinajstić information content (AvgIpc) is 3.41. The first-order valence-electron chi connectivity index (χ1n) is 13.6. The highest BCUT2D eigenvalue weighted by Crippen LogP contribution is 2.57. The van der Waals surface area contributed by atoms with Crippen molar-refractivity contribution in [3.05, 3.63) is 23.5 Å². The molecule has 40 heavy (non-hydrogen) atoms. The molecule has 3 fully saturated rings. The number of ketones is 2. The maximum atomic E-state index is 13.7. The van der Waals surface area contributed by atoms with E-state index in [9.17, 15) is 34.2 Å². The lowest BCUT2D eigenvalue weighted by Crippen LogP contribution is -2.52. The van der Waals surface area contributed by atoms with Gasteiger partial charge in [-0.15, -0.1) is 0 Å². The van der Waals surface area contributed by atoms with E-state index in [4.69, 9.17) is 18.9 Å². The number of ether oxygens (including phenoxy) is 4. The monoisotopic (exact) mass is 562 g/mol. The summed E-state index contributed by atoms with van der Waals surface area (Å²) in [5.41, 5.74) is -5.27. The van der Waals surface area contributed by atoms with Gasteiger partial charge in [0.15, 0.2) is 5.78 Å². The van der Waals surface area contributed by atoms with E-state index in [-0.39, 0.29) is 63.1 Å². The quantitative estimate of drug-likeness (QED) is 0.311.